The maximum atomic E-state index is 13.0. The number of carbonyl (C=O) groups excluding carboxylic acids is 1. The lowest BCUT2D eigenvalue weighted by Crippen LogP contribution is -2.16. The molecule has 0 aliphatic rings. The van der Waals surface area contributed by atoms with Crippen molar-refractivity contribution < 1.29 is 18.0 Å². The molecule has 21 heavy (non-hydrogen) atoms. The molecule has 0 aromatic heterocycles. The summed E-state index contributed by atoms with van der Waals surface area (Å²) in [5.41, 5.74) is 0.887. The summed E-state index contributed by atoms with van der Waals surface area (Å²) in [5, 5.41) is 5.41. The minimum absolute atomic E-state index is 0.135. The fourth-order valence-corrected chi connectivity index (χ4v) is 1.69. The van der Waals surface area contributed by atoms with E-state index in [-0.39, 0.29) is 23.8 Å². The van der Waals surface area contributed by atoms with Gasteiger partial charge in [0.1, 0.15) is 5.82 Å². The number of anilines is 2. The molecule has 0 aliphatic carbocycles. The van der Waals surface area contributed by atoms with Crippen LogP contribution in [0.5, 0.6) is 0 Å². The van der Waals surface area contributed by atoms with Crippen LogP contribution in [-0.4, -0.2) is 12.5 Å². The van der Waals surface area contributed by atoms with E-state index in [9.17, 15) is 18.0 Å². The predicted octanol–water partition coefficient (Wildman–Crippen LogP) is 3.54. The van der Waals surface area contributed by atoms with Crippen molar-refractivity contribution in [3.05, 3.63) is 59.9 Å². The summed E-state index contributed by atoms with van der Waals surface area (Å²) in [6, 6.07) is 8.88. The van der Waals surface area contributed by atoms with Gasteiger partial charge in [-0.3, -0.25) is 4.79 Å². The van der Waals surface area contributed by atoms with Gasteiger partial charge in [-0.1, -0.05) is 0 Å². The van der Waals surface area contributed by atoms with Crippen molar-refractivity contribution in [3.8, 4) is 0 Å². The van der Waals surface area contributed by atoms with Gasteiger partial charge in [-0.2, -0.15) is 0 Å². The molecule has 0 atom stereocenters. The fourth-order valence-electron chi connectivity index (χ4n) is 1.69. The number of benzene rings is 2. The van der Waals surface area contributed by atoms with Crippen LogP contribution < -0.4 is 10.6 Å². The number of nitrogens with one attached hydrogen (secondary N) is 2. The van der Waals surface area contributed by atoms with Gasteiger partial charge in [-0.15, -0.1) is 0 Å². The Morgan fingerprint density at radius 3 is 2.24 bits per heavy atom. The van der Waals surface area contributed by atoms with Gasteiger partial charge in [0.05, 0.1) is 0 Å². The molecule has 2 aromatic carbocycles. The molecular weight excluding hydrogens is 281 g/mol. The third-order valence-corrected chi connectivity index (χ3v) is 2.73. The molecule has 2 aromatic rings. The molecule has 6 heteroatoms. The Morgan fingerprint density at radius 1 is 0.905 bits per heavy atom. The zero-order valence-corrected chi connectivity index (χ0v) is 11.0. The van der Waals surface area contributed by atoms with Crippen LogP contribution in [0.1, 0.15) is 6.42 Å². The van der Waals surface area contributed by atoms with Crippen molar-refractivity contribution >= 4 is 17.3 Å². The van der Waals surface area contributed by atoms with Gasteiger partial charge in [0, 0.05) is 30.4 Å². The molecular formula is C15H13F3N2O. The van der Waals surface area contributed by atoms with Crippen LogP contribution in [0.25, 0.3) is 0 Å². The van der Waals surface area contributed by atoms with E-state index in [0.717, 1.165) is 12.1 Å². The summed E-state index contributed by atoms with van der Waals surface area (Å²) in [4.78, 5) is 11.6. The van der Waals surface area contributed by atoms with E-state index in [1.165, 1.54) is 18.2 Å². The van der Waals surface area contributed by atoms with E-state index in [1.807, 2.05) is 0 Å². The average Bonchev–Trinajstić information content (AvgIpc) is 2.45. The molecule has 0 saturated carbocycles. The number of halogens is 3. The Hall–Kier alpha value is -2.50. The maximum Gasteiger partial charge on any atom is 0.226 e. The molecule has 0 heterocycles. The predicted molar refractivity (Wildman–Crippen MR) is 74.5 cm³/mol. The highest BCUT2D eigenvalue weighted by molar-refractivity contribution is 5.90. The largest absolute Gasteiger partial charge is 0.385 e. The van der Waals surface area contributed by atoms with Crippen molar-refractivity contribution in [1.82, 2.24) is 0 Å². The Balaban J connectivity index is 1.79. The topological polar surface area (TPSA) is 41.1 Å². The molecule has 3 nitrogen and oxygen atoms in total. The van der Waals surface area contributed by atoms with Crippen LogP contribution in [0.4, 0.5) is 24.5 Å². The number of hydrogen-bond acceptors (Lipinski definition) is 2. The zero-order chi connectivity index (χ0) is 15.2. The molecule has 1 amide bonds. The monoisotopic (exact) mass is 294 g/mol. The Kier molecular flexibility index (Phi) is 4.81. The van der Waals surface area contributed by atoms with Gasteiger partial charge < -0.3 is 10.6 Å². The molecule has 0 radical (unpaired) electrons. The van der Waals surface area contributed by atoms with Gasteiger partial charge >= 0.3 is 0 Å². The van der Waals surface area contributed by atoms with Gasteiger partial charge in [0.15, 0.2) is 11.6 Å². The molecule has 0 fully saturated rings. The minimum Gasteiger partial charge on any atom is -0.385 e. The molecule has 0 saturated heterocycles. The molecule has 2 N–H and O–H groups in total. The minimum atomic E-state index is -1.02. The van der Waals surface area contributed by atoms with Crippen LogP contribution >= 0.6 is 0 Å². The Morgan fingerprint density at radius 2 is 1.57 bits per heavy atom. The van der Waals surface area contributed by atoms with Crippen molar-refractivity contribution in [1.29, 1.82) is 0 Å². The van der Waals surface area contributed by atoms with E-state index in [1.54, 1.807) is 12.1 Å². The number of rotatable bonds is 5. The summed E-state index contributed by atoms with van der Waals surface area (Å²) < 4.78 is 38.4. The summed E-state index contributed by atoms with van der Waals surface area (Å²) in [6.45, 7) is 0.334. The molecule has 0 spiro atoms. The first-order chi connectivity index (χ1) is 10.0. The molecule has 0 unspecified atom stereocenters. The van der Waals surface area contributed by atoms with E-state index < -0.39 is 11.6 Å². The number of hydrogen-bond donors (Lipinski definition) is 2. The normalized spacial score (nSPS) is 10.2. The lowest BCUT2D eigenvalue weighted by atomic mass is 10.2. The standard InChI is InChI=1S/C15H13F3N2O/c16-10-1-3-11(4-2-10)19-8-7-15(21)20-12-5-6-13(17)14(18)9-12/h1-6,9,19H,7-8H2,(H,20,21). The highest BCUT2D eigenvalue weighted by atomic mass is 19.2. The maximum absolute atomic E-state index is 13.0. The Bertz CT molecular complexity index is 629. The summed E-state index contributed by atoms with van der Waals surface area (Å²) in [5.74, 6) is -2.66. The molecule has 110 valence electrons. The third kappa shape index (κ3) is 4.52. The van der Waals surface area contributed by atoms with Crippen LogP contribution in [0, 0.1) is 17.5 Å². The van der Waals surface area contributed by atoms with Gasteiger partial charge in [0.25, 0.3) is 0 Å². The summed E-state index contributed by atoms with van der Waals surface area (Å²) >= 11 is 0. The SMILES string of the molecule is O=C(CCNc1ccc(F)cc1)Nc1ccc(F)c(F)c1. The van der Waals surface area contributed by atoms with E-state index >= 15 is 0 Å². The first-order valence-corrected chi connectivity index (χ1v) is 6.29. The Labute approximate surface area is 119 Å². The van der Waals surface area contributed by atoms with E-state index in [2.05, 4.69) is 10.6 Å². The third-order valence-electron chi connectivity index (χ3n) is 2.73. The van der Waals surface area contributed by atoms with E-state index in [0.29, 0.717) is 12.2 Å². The first kappa shape index (κ1) is 14.9. The second-order valence-electron chi connectivity index (χ2n) is 4.36. The summed E-state index contributed by atoms with van der Waals surface area (Å²) in [7, 11) is 0. The average molecular weight is 294 g/mol. The molecule has 2 rings (SSSR count). The van der Waals surface area contributed by atoms with Crippen molar-refractivity contribution in [2.24, 2.45) is 0 Å². The van der Waals surface area contributed by atoms with Crippen LogP contribution in [0.15, 0.2) is 42.5 Å². The van der Waals surface area contributed by atoms with Crippen LogP contribution in [0.2, 0.25) is 0 Å². The number of carbonyl (C=O) groups is 1. The molecule has 0 bridgehead atoms. The first-order valence-electron chi connectivity index (χ1n) is 6.29. The lowest BCUT2D eigenvalue weighted by molar-refractivity contribution is -0.115. The molecule has 0 aliphatic heterocycles. The van der Waals surface area contributed by atoms with Gasteiger partial charge in [-0.05, 0) is 36.4 Å². The highest BCUT2D eigenvalue weighted by Crippen LogP contribution is 2.13. The van der Waals surface area contributed by atoms with Crippen molar-refractivity contribution in [3.63, 3.8) is 0 Å². The van der Waals surface area contributed by atoms with Gasteiger partial charge in [0.2, 0.25) is 5.91 Å². The van der Waals surface area contributed by atoms with Crippen LogP contribution in [0.3, 0.4) is 0 Å². The van der Waals surface area contributed by atoms with Crippen LogP contribution in [-0.2, 0) is 4.79 Å². The second-order valence-corrected chi connectivity index (χ2v) is 4.36. The quantitative estimate of drug-likeness (QED) is 0.885. The fraction of sp³-hybridized carbons (Fsp3) is 0.133. The smallest absolute Gasteiger partial charge is 0.226 e. The van der Waals surface area contributed by atoms with Crippen molar-refractivity contribution in [2.75, 3.05) is 17.2 Å². The van der Waals surface area contributed by atoms with E-state index in [4.69, 9.17) is 0 Å². The summed E-state index contributed by atoms with van der Waals surface area (Å²) in [6.07, 6.45) is 0.135. The number of amides is 1. The zero-order valence-electron chi connectivity index (χ0n) is 11.0. The second kappa shape index (κ2) is 6.78. The van der Waals surface area contributed by atoms with Crippen molar-refractivity contribution in [2.45, 2.75) is 6.42 Å². The van der Waals surface area contributed by atoms with Gasteiger partial charge in [-0.25, -0.2) is 13.2 Å². The highest BCUT2D eigenvalue weighted by Gasteiger charge is 2.06. The lowest BCUT2D eigenvalue weighted by Gasteiger charge is -2.08.